The molecule has 0 fully saturated rings. The van der Waals surface area contributed by atoms with E-state index in [4.69, 9.17) is 10.1 Å². The summed E-state index contributed by atoms with van der Waals surface area (Å²) in [6.45, 7) is 9.40. The maximum Gasteiger partial charge on any atom is 0.151 e. The van der Waals surface area contributed by atoms with E-state index in [1.807, 2.05) is 16.4 Å². The van der Waals surface area contributed by atoms with Crippen LogP contribution >= 0.6 is 11.8 Å². The summed E-state index contributed by atoms with van der Waals surface area (Å²) in [5.41, 5.74) is -0.0728. The minimum absolute atomic E-state index is 0.0728. The van der Waals surface area contributed by atoms with E-state index in [2.05, 4.69) is 48.7 Å². The largest absolute Gasteiger partial charge is 0.252 e. The first-order valence-electron chi connectivity index (χ1n) is 7.19. The van der Waals surface area contributed by atoms with E-state index in [1.165, 1.54) is 0 Å². The highest BCUT2D eigenvalue weighted by Crippen LogP contribution is 2.22. The Hall–Kier alpha value is -1.37. The van der Waals surface area contributed by atoms with Crippen LogP contribution in [-0.4, -0.2) is 41.5 Å². The standard InChI is InChI=1S/C14H24N6S/c1-11(8-19-10-15-9-16-19)13-17-12(6-7-21-5)18-20(13)14(2,3)4/h9-11H,6-8H2,1-5H3. The smallest absolute Gasteiger partial charge is 0.151 e. The summed E-state index contributed by atoms with van der Waals surface area (Å²) in [7, 11) is 0. The number of hydrogen-bond donors (Lipinski definition) is 0. The first kappa shape index (κ1) is 16.0. The van der Waals surface area contributed by atoms with E-state index in [0.717, 1.165) is 30.4 Å². The molecule has 0 aliphatic heterocycles. The third kappa shape index (κ3) is 4.06. The fraction of sp³-hybridized carbons (Fsp3) is 0.714. The Morgan fingerprint density at radius 3 is 2.67 bits per heavy atom. The molecule has 21 heavy (non-hydrogen) atoms. The van der Waals surface area contributed by atoms with Crippen molar-refractivity contribution in [3.05, 3.63) is 24.3 Å². The lowest BCUT2D eigenvalue weighted by Crippen LogP contribution is -2.27. The Morgan fingerprint density at radius 1 is 1.33 bits per heavy atom. The maximum atomic E-state index is 4.77. The van der Waals surface area contributed by atoms with E-state index in [1.54, 1.807) is 12.7 Å². The van der Waals surface area contributed by atoms with Gasteiger partial charge >= 0.3 is 0 Å². The average molecular weight is 308 g/mol. The molecule has 2 rings (SSSR count). The van der Waals surface area contributed by atoms with Gasteiger partial charge < -0.3 is 0 Å². The van der Waals surface area contributed by atoms with Gasteiger partial charge in [0.15, 0.2) is 5.82 Å². The Bertz CT molecular complexity index is 555. The van der Waals surface area contributed by atoms with Crippen molar-refractivity contribution in [2.45, 2.75) is 52.1 Å². The second-order valence-corrected chi connectivity index (χ2v) is 7.22. The molecule has 2 aromatic heterocycles. The molecule has 0 aromatic carbocycles. The van der Waals surface area contributed by atoms with Crippen LogP contribution in [0.4, 0.5) is 0 Å². The van der Waals surface area contributed by atoms with E-state index in [9.17, 15) is 0 Å². The van der Waals surface area contributed by atoms with Crippen molar-refractivity contribution in [2.75, 3.05) is 12.0 Å². The zero-order chi connectivity index (χ0) is 15.5. The molecule has 0 spiro atoms. The zero-order valence-corrected chi connectivity index (χ0v) is 14.3. The SMILES string of the molecule is CSCCc1nc(C(C)Cn2cncn2)n(C(C)(C)C)n1. The van der Waals surface area contributed by atoms with Crippen molar-refractivity contribution in [3.8, 4) is 0 Å². The Balaban J connectivity index is 2.24. The molecular weight excluding hydrogens is 284 g/mol. The highest BCUT2D eigenvalue weighted by Gasteiger charge is 2.24. The fourth-order valence-electron chi connectivity index (χ4n) is 2.17. The molecule has 0 aliphatic rings. The second kappa shape index (κ2) is 6.60. The molecule has 0 amide bonds. The molecular formula is C14H24N6S. The quantitative estimate of drug-likeness (QED) is 0.819. The zero-order valence-electron chi connectivity index (χ0n) is 13.4. The Kier molecular flexibility index (Phi) is 5.03. The summed E-state index contributed by atoms with van der Waals surface area (Å²) in [5, 5.41) is 8.89. The third-order valence-corrected chi connectivity index (χ3v) is 3.82. The number of aryl methyl sites for hydroxylation is 1. The van der Waals surface area contributed by atoms with Gasteiger partial charge in [-0.1, -0.05) is 6.92 Å². The lowest BCUT2D eigenvalue weighted by molar-refractivity contribution is 0.327. The van der Waals surface area contributed by atoms with Gasteiger partial charge in [-0.15, -0.1) is 0 Å². The number of thioether (sulfide) groups is 1. The topological polar surface area (TPSA) is 61.4 Å². The van der Waals surface area contributed by atoms with Crippen LogP contribution in [0, 0.1) is 0 Å². The van der Waals surface area contributed by atoms with Crippen LogP contribution in [0.5, 0.6) is 0 Å². The molecule has 0 saturated heterocycles. The van der Waals surface area contributed by atoms with Crippen LogP contribution in [0.2, 0.25) is 0 Å². The molecule has 0 bridgehead atoms. The predicted molar refractivity (Wildman–Crippen MR) is 85.5 cm³/mol. The monoisotopic (exact) mass is 308 g/mol. The van der Waals surface area contributed by atoms with Gasteiger partial charge in [0.2, 0.25) is 0 Å². The second-order valence-electron chi connectivity index (χ2n) is 6.23. The first-order chi connectivity index (χ1) is 9.91. The van der Waals surface area contributed by atoms with Gasteiger partial charge in [0.05, 0.1) is 12.1 Å². The van der Waals surface area contributed by atoms with E-state index in [-0.39, 0.29) is 11.5 Å². The summed E-state index contributed by atoms with van der Waals surface area (Å²) >= 11 is 1.82. The van der Waals surface area contributed by atoms with Crippen LogP contribution in [0.3, 0.4) is 0 Å². The van der Waals surface area contributed by atoms with Gasteiger partial charge in [0, 0.05) is 18.1 Å². The summed E-state index contributed by atoms with van der Waals surface area (Å²) in [5.74, 6) is 3.24. The molecule has 0 aliphatic carbocycles. The number of nitrogens with zero attached hydrogens (tertiary/aromatic N) is 6. The van der Waals surface area contributed by atoms with Gasteiger partial charge in [-0.25, -0.2) is 14.6 Å². The minimum Gasteiger partial charge on any atom is -0.252 e. The van der Waals surface area contributed by atoms with Crippen molar-refractivity contribution < 1.29 is 0 Å². The van der Waals surface area contributed by atoms with Gasteiger partial charge in [0.25, 0.3) is 0 Å². The minimum atomic E-state index is -0.0728. The molecule has 0 radical (unpaired) electrons. The molecule has 2 aromatic rings. The molecule has 6 nitrogen and oxygen atoms in total. The summed E-state index contributed by atoms with van der Waals surface area (Å²) < 4.78 is 3.90. The lowest BCUT2D eigenvalue weighted by Gasteiger charge is -2.23. The van der Waals surface area contributed by atoms with Crippen LogP contribution in [0.15, 0.2) is 12.7 Å². The van der Waals surface area contributed by atoms with Gasteiger partial charge in [-0.3, -0.25) is 4.68 Å². The fourth-order valence-corrected chi connectivity index (χ4v) is 2.56. The molecule has 7 heteroatoms. The number of aromatic nitrogens is 6. The highest BCUT2D eigenvalue weighted by atomic mass is 32.2. The summed E-state index contributed by atoms with van der Waals surface area (Å²) in [6, 6.07) is 0. The third-order valence-electron chi connectivity index (χ3n) is 3.21. The predicted octanol–water partition coefficient (Wildman–Crippen LogP) is 2.33. The van der Waals surface area contributed by atoms with Crippen LogP contribution in [-0.2, 0) is 18.5 Å². The van der Waals surface area contributed by atoms with E-state index >= 15 is 0 Å². The highest BCUT2D eigenvalue weighted by molar-refractivity contribution is 7.98. The van der Waals surface area contributed by atoms with Crippen LogP contribution in [0.25, 0.3) is 0 Å². The Labute approximate surface area is 130 Å². The number of rotatable bonds is 6. The summed E-state index contributed by atoms with van der Waals surface area (Å²) in [4.78, 5) is 8.76. The van der Waals surface area contributed by atoms with Gasteiger partial charge in [-0.2, -0.15) is 22.0 Å². The average Bonchev–Trinajstić information content (AvgIpc) is 3.04. The van der Waals surface area contributed by atoms with Crippen molar-refractivity contribution >= 4 is 11.8 Å². The molecule has 2 heterocycles. The Morgan fingerprint density at radius 2 is 2.10 bits per heavy atom. The van der Waals surface area contributed by atoms with Crippen molar-refractivity contribution in [1.82, 2.24) is 29.5 Å². The van der Waals surface area contributed by atoms with E-state index < -0.39 is 0 Å². The van der Waals surface area contributed by atoms with Gasteiger partial charge in [0.1, 0.15) is 18.5 Å². The number of hydrogen-bond acceptors (Lipinski definition) is 5. The molecule has 116 valence electrons. The van der Waals surface area contributed by atoms with Crippen LogP contribution in [0.1, 0.15) is 45.3 Å². The molecule has 0 saturated carbocycles. The van der Waals surface area contributed by atoms with Crippen LogP contribution < -0.4 is 0 Å². The normalized spacial score (nSPS) is 13.6. The lowest BCUT2D eigenvalue weighted by atomic mass is 10.1. The summed E-state index contributed by atoms with van der Waals surface area (Å²) in [6.07, 6.45) is 6.32. The van der Waals surface area contributed by atoms with E-state index in [0.29, 0.717) is 0 Å². The molecule has 0 N–H and O–H groups in total. The van der Waals surface area contributed by atoms with Crippen molar-refractivity contribution in [3.63, 3.8) is 0 Å². The molecule has 1 atom stereocenters. The molecule has 1 unspecified atom stereocenters. The maximum absolute atomic E-state index is 4.77. The first-order valence-corrected chi connectivity index (χ1v) is 8.59. The van der Waals surface area contributed by atoms with Gasteiger partial charge in [-0.05, 0) is 27.0 Å². The van der Waals surface area contributed by atoms with Crippen molar-refractivity contribution in [2.24, 2.45) is 0 Å². The van der Waals surface area contributed by atoms with Crippen molar-refractivity contribution in [1.29, 1.82) is 0 Å².